The van der Waals surface area contributed by atoms with Crippen molar-refractivity contribution in [2.75, 3.05) is 0 Å². The summed E-state index contributed by atoms with van der Waals surface area (Å²) in [7, 11) is 0. The molecule has 6 heteroatoms. The topological polar surface area (TPSA) is 39.2 Å². The fourth-order valence-electron chi connectivity index (χ4n) is 1.47. The van der Waals surface area contributed by atoms with Crippen molar-refractivity contribution in [2.24, 2.45) is 0 Å². The summed E-state index contributed by atoms with van der Waals surface area (Å²) in [4.78, 5) is 16.7. The maximum absolute atomic E-state index is 11.2. The van der Waals surface area contributed by atoms with Crippen LogP contribution in [0.15, 0.2) is 28.7 Å². The summed E-state index contributed by atoms with van der Waals surface area (Å²) in [6.45, 7) is 2.27. The first-order valence-corrected chi connectivity index (χ1v) is 9.41. The van der Waals surface area contributed by atoms with Crippen molar-refractivity contribution in [3.63, 3.8) is 0 Å². The number of hydrogen-bond donors (Lipinski definition) is 0. The molecule has 0 aliphatic heterocycles. The Morgan fingerprint density at radius 1 is 1.42 bits per heavy atom. The average Bonchev–Trinajstić information content (AvgIpc) is 2.78. The Hall–Kier alpha value is -0.304. The Morgan fingerprint density at radius 2 is 2.11 bits per heavy atom. The van der Waals surface area contributed by atoms with E-state index < -0.39 is 0 Å². The summed E-state index contributed by atoms with van der Waals surface area (Å²) >= 11 is 6.21. The third-order valence-electron chi connectivity index (χ3n) is 2.47. The first-order chi connectivity index (χ1) is 9.10. The van der Waals surface area contributed by atoms with Crippen molar-refractivity contribution in [1.82, 2.24) is 4.98 Å². The van der Waals surface area contributed by atoms with E-state index in [-0.39, 0.29) is 5.97 Å². The van der Waals surface area contributed by atoms with Gasteiger partial charge in [-0.05, 0) is 0 Å². The number of aryl methyl sites for hydroxylation is 1. The average molecular weight is 534 g/mol. The van der Waals surface area contributed by atoms with Gasteiger partial charge >= 0.3 is 140 Å². The molecule has 2 rings (SSSR count). The zero-order chi connectivity index (χ0) is 13.8. The number of hydrogen-bond acceptors (Lipinski definition) is 4. The van der Waals surface area contributed by atoms with Gasteiger partial charge in [0.1, 0.15) is 0 Å². The van der Waals surface area contributed by atoms with E-state index in [2.05, 4.69) is 20.9 Å². The number of benzene rings is 1. The molecule has 99 valence electrons. The van der Waals surface area contributed by atoms with E-state index in [9.17, 15) is 4.79 Å². The van der Waals surface area contributed by atoms with E-state index in [1.165, 1.54) is 25.1 Å². The second-order valence-electron chi connectivity index (χ2n) is 3.84. The van der Waals surface area contributed by atoms with Crippen LogP contribution in [0, 0.1) is 6.92 Å². The number of ether oxygens (including phenoxy) is 1. The molecule has 0 bridgehead atoms. The summed E-state index contributed by atoms with van der Waals surface area (Å²) in [5, 5.41) is 0.957. The van der Waals surface area contributed by atoms with Gasteiger partial charge in [-0.2, -0.15) is 0 Å². The Labute approximate surface area is 139 Å². The molecule has 0 unspecified atom stereocenters. The Kier molecular flexibility index (Phi) is 5.50. The van der Waals surface area contributed by atoms with Crippen LogP contribution in [-0.2, 0) is 16.1 Å². The van der Waals surface area contributed by atoms with E-state index in [0.29, 0.717) is 10.7 Å². The number of aromatic nitrogens is 1. The zero-order valence-electron chi connectivity index (χ0n) is 10.2. The molecule has 0 aliphatic rings. The minimum absolute atomic E-state index is 0.145. The van der Waals surface area contributed by atoms with Gasteiger partial charge in [-0.3, -0.25) is 0 Å². The van der Waals surface area contributed by atoms with E-state index in [4.69, 9.17) is 4.74 Å². The van der Waals surface area contributed by atoms with E-state index in [0.717, 1.165) is 25.6 Å². The molecule has 0 spiro atoms. The molecule has 0 saturated carbocycles. The number of esters is 1. The predicted molar refractivity (Wildman–Crippen MR) is 80.3 cm³/mol. The predicted octanol–water partition coefficient (Wildman–Crippen LogP) is 3.51. The van der Waals surface area contributed by atoms with Crippen LogP contribution in [0.4, 0.5) is 0 Å². The first-order valence-electron chi connectivity index (χ1n) is 5.56. The van der Waals surface area contributed by atoms with Crippen LogP contribution in [0.2, 0.25) is 4.08 Å². The molecule has 2 aromatic rings. The molecule has 1 aromatic carbocycles. The van der Waals surface area contributed by atoms with Crippen molar-refractivity contribution in [1.29, 1.82) is 0 Å². The van der Waals surface area contributed by atoms with Gasteiger partial charge in [0.05, 0.1) is 0 Å². The molecule has 3 nitrogen and oxygen atoms in total. The summed E-state index contributed by atoms with van der Waals surface area (Å²) in [6, 6.07) is 8.03. The molecular formula is C13H11BrNO2PoS. The van der Waals surface area contributed by atoms with Crippen LogP contribution in [0.3, 0.4) is 0 Å². The molecule has 0 atom stereocenters. The third-order valence-corrected chi connectivity index (χ3v) is 5.09. The van der Waals surface area contributed by atoms with Gasteiger partial charge in [0.25, 0.3) is 0 Å². The maximum atomic E-state index is 11.2. The molecule has 0 aliphatic carbocycles. The summed E-state index contributed by atoms with van der Waals surface area (Å²) in [6.07, 6.45) is 0. The molecule has 1 aromatic heterocycles. The quantitative estimate of drug-likeness (QED) is 0.565. The Bertz CT molecular complexity index is 583. The van der Waals surface area contributed by atoms with Gasteiger partial charge in [-0.15, -0.1) is 0 Å². The van der Waals surface area contributed by atoms with Crippen molar-refractivity contribution < 1.29 is 9.53 Å². The van der Waals surface area contributed by atoms with Crippen molar-refractivity contribution in [3.8, 4) is 10.6 Å². The monoisotopic (exact) mass is 533 g/mol. The van der Waals surface area contributed by atoms with Gasteiger partial charge in [-0.25, -0.2) is 0 Å². The number of carbonyl (C=O) groups is 1. The number of thiazole rings is 1. The van der Waals surface area contributed by atoms with E-state index in [1.807, 2.05) is 31.2 Å². The number of nitrogens with zero attached hydrogens (tertiary/aromatic N) is 1. The van der Waals surface area contributed by atoms with Gasteiger partial charge < -0.3 is 0 Å². The summed E-state index contributed by atoms with van der Waals surface area (Å²) < 4.78 is 6.70. The van der Waals surface area contributed by atoms with E-state index >= 15 is 0 Å². The molecule has 0 saturated heterocycles. The van der Waals surface area contributed by atoms with Crippen molar-refractivity contribution in [2.45, 2.75) is 17.6 Å². The Balaban J connectivity index is 2.16. The van der Waals surface area contributed by atoms with Crippen molar-refractivity contribution in [3.05, 3.63) is 39.3 Å². The third kappa shape index (κ3) is 4.08. The standard InChI is InChI=1S/C13H11BrNO2S.Po/c1-8-12(7-17-9(2)16)18-13(15-8)10-3-5-11(14)6-4-10;/h3-6H,2,7H2,1H3;. The first kappa shape index (κ1) is 15.1. The number of rotatable bonds is 4. The second-order valence-corrected chi connectivity index (χ2v) is 6.96. The van der Waals surface area contributed by atoms with Crippen LogP contribution < -0.4 is 0 Å². The van der Waals surface area contributed by atoms with Crippen LogP contribution in [-0.4, -0.2) is 36.0 Å². The van der Waals surface area contributed by atoms with Crippen LogP contribution in [0.5, 0.6) is 0 Å². The summed E-state index contributed by atoms with van der Waals surface area (Å²) in [5.74, 6) is -0.145. The van der Waals surface area contributed by atoms with Gasteiger partial charge in [0.2, 0.25) is 0 Å². The number of carbonyl (C=O) groups excluding carboxylic acids is 1. The summed E-state index contributed by atoms with van der Waals surface area (Å²) in [5.41, 5.74) is 2.01. The molecule has 0 N–H and O–H groups in total. The SMILES string of the molecule is Cc1nc(-c2ccc(Br)cc2)sc1COC(=O)[CH2][Po]. The van der Waals surface area contributed by atoms with E-state index in [1.54, 1.807) is 11.3 Å². The minimum atomic E-state index is -0.145. The normalized spacial score (nSPS) is 10.5. The number of halogens is 1. The van der Waals surface area contributed by atoms with Gasteiger partial charge in [0, 0.05) is 0 Å². The van der Waals surface area contributed by atoms with Crippen LogP contribution in [0.1, 0.15) is 10.6 Å². The Morgan fingerprint density at radius 3 is 2.74 bits per heavy atom. The molecular weight excluding hydrogens is 523 g/mol. The fraction of sp³-hybridized carbons (Fsp3) is 0.231. The van der Waals surface area contributed by atoms with Crippen LogP contribution in [0.25, 0.3) is 10.6 Å². The zero-order valence-corrected chi connectivity index (χ0v) is 15.8. The second kappa shape index (κ2) is 6.92. The van der Waals surface area contributed by atoms with Crippen molar-refractivity contribution >= 4 is 58.3 Å². The molecule has 1 heterocycles. The van der Waals surface area contributed by atoms with Gasteiger partial charge in [-0.1, -0.05) is 0 Å². The molecule has 1 radical (unpaired) electrons. The van der Waals surface area contributed by atoms with Crippen LogP contribution >= 0.6 is 27.3 Å². The van der Waals surface area contributed by atoms with Gasteiger partial charge in [0.15, 0.2) is 0 Å². The fourth-order valence-corrected chi connectivity index (χ4v) is 3.03. The molecule has 19 heavy (non-hydrogen) atoms. The molecule has 0 amide bonds. The molecule has 0 fully saturated rings.